The molecular formula is C12H20N2O2. The lowest BCUT2D eigenvalue weighted by molar-refractivity contribution is -0.122. The Hall–Kier alpha value is -1.29. The molecule has 2 N–H and O–H groups in total. The first-order chi connectivity index (χ1) is 7.47. The summed E-state index contributed by atoms with van der Waals surface area (Å²) in [5.74, 6) is 0.954. The van der Waals surface area contributed by atoms with Crippen LogP contribution in [0.4, 0.5) is 0 Å². The van der Waals surface area contributed by atoms with Crippen molar-refractivity contribution in [1.82, 2.24) is 10.6 Å². The molecule has 0 aliphatic rings. The van der Waals surface area contributed by atoms with Gasteiger partial charge < -0.3 is 15.1 Å². The third kappa shape index (κ3) is 5.56. The maximum atomic E-state index is 11.4. The maximum Gasteiger partial charge on any atom is 0.221 e. The molecule has 4 nitrogen and oxygen atoms in total. The van der Waals surface area contributed by atoms with Gasteiger partial charge >= 0.3 is 0 Å². The van der Waals surface area contributed by atoms with Crippen LogP contribution < -0.4 is 10.6 Å². The predicted molar refractivity (Wildman–Crippen MR) is 62.9 cm³/mol. The van der Waals surface area contributed by atoms with E-state index in [0.717, 1.165) is 5.76 Å². The maximum absolute atomic E-state index is 11.4. The molecule has 4 heteroatoms. The van der Waals surface area contributed by atoms with Crippen LogP contribution >= 0.6 is 0 Å². The molecular weight excluding hydrogens is 204 g/mol. The molecule has 16 heavy (non-hydrogen) atoms. The summed E-state index contributed by atoms with van der Waals surface area (Å²) in [6, 6.07) is 3.76. The van der Waals surface area contributed by atoms with Crippen LogP contribution in [-0.4, -0.2) is 18.0 Å². The summed E-state index contributed by atoms with van der Waals surface area (Å²) in [5.41, 5.74) is -0.155. The summed E-state index contributed by atoms with van der Waals surface area (Å²) in [7, 11) is 0. The van der Waals surface area contributed by atoms with Crippen molar-refractivity contribution in [2.45, 2.75) is 39.3 Å². The van der Waals surface area contributed by atoms with Gasteiger partial charge in [-0.25, -0.2) is 0 Å². The van der Waals surface area contributed by atoms with E-state index >= 15 is 0 Å². The molecule has 1 amide bonds. The molecule has 1 aromatic rings. The predicted octanol–water partition coefficient (Wildman–Crippen LogP) is 1.67. The monoisotopic (exact) mass is 224 g/mol. The number of amides is 1. The van der Waals surface area contributed by atoms with E-state index < -0.39 is 0 Å². The Balaban J connectivity index is 2.09. The van der Waals surface area contributed by atoms with E-state index in [2.05, 4.69) is 10.6 Å². The van der Waals surface area contributed by atoms with Gasteiger partial charge in [0.05, 0.1) is 12.8 Å². The average Bonchev–Trinajstić information content (AvgIpc) is 2.62. The van der Waals surface area contributed by atoms with Gasteiger partial charge in [-0.1, -0.05) is 0 Å². The summed E-state index contributed by atoms with van der Waals surface area (Å²) in [6.45, 7) is 7.24. The second-order valence-electron chi connectivity index (χ2n) is 4.80. The molecule has 0 radical (unpaired) electrons. The number of nitrogens with one attached hydrogen (secondary N) is 2. The SMILES string of the molecule is CC(C)(C)NC(=O)CCNCc1ccco1. The van der Waals surface area contributed by atoms with E-state index in [1.165, 1.54) is 0 Å². The van der Waals surface area contributed by atoms with E-state index in [1.807, 2.05) is 32.9 Å². The molecule has 0 aromatic carbocycles. The van der Waals surface area contributed by atoms with E-state index in [-0.39, 0.29) is 11.4 Å². The zero-order chi connectivity index (χ0) is 12.0. The topological polar surface area (TPSA) is 54.3 Å². The van der Waals surface area contributed by atoms with Crippen molar-refractivity contribution in [3.8, 4) is 0 Å². The lowest BCUT2D eigenvalue weighted by Gasteiger charge is -2.20. The van der Waals surface area contributed by atoms with Crippen LogP contribution in [-0.2, 0) is 11.3 Å². The van der Waals surface area contributed by atoms with Crippen molar-refractivity contribution in [2.24, 2.45) is 0 Å². The molecule has 90 valence electrons. The Labute approximate surface area is 96.4 Å². The van der Waals surface area contributed by atoms with Crippen molar-refractivity contribution >= 4 is 5.91 Å². The summed E-state index contributed by atoms with van der Waals surface area (Å²) >= 11 is 0. The Bertz CT molecular complexity index is 312. The minimum Gasteiger partial charge on any atom is -0.468 e. The molecule has 1 rings (SSSR count). The Morgan fingerprint density at radius 2 is 2.19 bits per heavy atom. The smallest absolute Gasteiger partial charge is 0.221 e. The van der Waals surface area contributed by atoms with Gasteiger partial charge in [0, 0.05) is 18.5 Å². The lowest BCUT2D eigenvalue weighted by atomic mass is 10.1. The van der Waals surface area contributed by atoms with E-state index in [0.29, 0.717) is 19.5 Å². The van der Waals surface area contributed by atoms with E-state index in [4.69, 9.17) is 4.42 Å². The average molecular weight is 224 g/mol. The van der Waals surface area contributed by atoms with Crippen LogP contribution in [0.2, 0.25) is 0 Å². The van der Waals surface area contributed by atoms with Gasteiger partial charge in [-0.3, -0.25) is 4.79 Å². The second kappa shape index (κ2) is 5.70. The first-order valence-electron chi connectivity index (χ1n) is 5.51. The zero-order valence-electron chi connectivity index (χ0n) is 10.2. The third-order valence-corrected chi connectivity index (χ3v) is 1.92. The number of hydrogen-bond acceptors (Lipinski definition) is 3. The molecule has 0 fully saturated rings. The van der Waals surface area contributed by atoms with Gasteiger partial charge in [0.25, 0.3) is 0 Å². The van der Waals surface area contributed by atoms with Crippen molar-refractivity contribution in [3.63, 3.8) is 0 Å². The van der Waals surface area contributed by atoms with Gasteiger partial charge in [-0.15, -0.1) is 0 Å². The molecule has 0 atom stereocenters. The molecule has 0 saturated heterocycles. The van der Waals surface area contributed by atoms with E-state index in [1.54, 1.807) is 6.26 Å². The van der Waals surface area contributed by atoms with Crippen LogP contribution in [0.15, 0.2) is 22.8 Å². The molecule has 0 unspecified atom stereocenters. The van der Waals surface area contributed by atoms with Gasteiger partial charge in [0.15, 0.2) is 0 Å². The number of rotatable bonds is 5. The Morgan fingerprint density at radius 1 is 1.44 bits per heavy atom. The standard InChI is InChI=1S/C12H20N2O2/c1-12(2,3)14-11(15)6-7-13-9-10-5-4-8-16-10/h4-5,8,13H,6-7,9H2,1-3H3,(H,14,15). The van der Waals surface area contributed by atoms with Gasteiger partial charge in [-0.2, -0.15) is 0 Å². The number of furan rings is 1. The Kier molecular flexibility index (Phi) is 4.55. The largest absolute Gasteiger partial charge is 0.468 e. The lowest BCUT2D eigenvalue weighted by Crippen LogP contribution is -2.41. The normalized spacial score (nSPS) is 11.4. The Morgan fingerprint density at radius 3 is 2.75 bits per heavy atom. The molecule has 0 bridgehead atoms. The van der Waals surface area contributed by atoms with Crippen molar-refractivity contribution in [3.05, 3.63) is 24.2 Å². The summed E-state index contributed by atoms with van der Waals surface area (Å²) in [6.07, 6.45) is 2.13. The first kappa shape index (κ1) is 12.8. The van der Waals surface area contributed by atoms with Gasteiger partial charge in [0.2, 0.25) is 5.91 Å². The van der Waals surface area contributed by atoms with Gasteiger partial charge in [0.1, 0.15) is 5.76 Å². The molecule has 1 aromatic heterocycles. The number of carbonyl (C=O) groups excluding carboxylic acids is 1. The molecule has 0 saturated carbocycles. The quantitative estimate of drug-likeness (QED) is 0.748. The van der Waals surface area contributed by atoms with Gasteiger partial charge in [-0.05, 0) is 32.9 Å². The van der Waals surface area contributed by atoms with Crippen LogP contribution in [0, 0.1) is 0 Å². The van der Waals surface area contributed by atoms with Crippen LogP contribution in [0.3, 0.4) is 0 Å². The summed E-state index contributed by atoms with van der Waals surface area (Å²) in [5, 5.41) is 6.06. The fraction of sp³-hybridized carbons (Fsp3) is 0.583. The fourth-order valence-corrected chi connectivity index (χ4v) is 1.31. The van der Waals surface area contributed by atoms with Crippen LogP contribution in [0.1, 0.15) is 33.0 Å². The fourth-order valence-electron chi connectivity index (χ4n) is 1.31. The first-order valence-corrected chi connectivity index (χ1v) is 5.51. The highest BCUT2D eigenvalue weighted by Crippen LogP contribution is 2.00. The minimum atomic E-state index is -0.155. The summed E-state index contributed by atoms with van der Waals surface area (Å²) < 4.78 is 5.16. The number of hydrogen-bond donors (Lipinski definition) is 2. The highest BCUT2D eigenvalue weighted by atomic mass is 16.3. The molecule has 1 heterocycles. The molecule has 0 spiro atoms. The van der Waals surface area contributed by atoms with Crippen LogP contribution in [0.5, 0.6) is 0 Å². The van der Waals surface area contributed by atoms with Crippen LogP contribution in [0.25, 0.3) is 0 Å². The van der Waals surface area contributed by atoms with Crippen molar-refractivity contribution in [2.75, 3.05) is 6.54 Å². The summed E-state index contributed by atoms with van der Waals surface area (Å²) in [4.78, 5) is 11.4. The highest BCUT2D eigenvalue weighted by molar-refractivity contribution is 5.76. The third-order valence-electron chi connectivity index (χ3n) is 1.92. The van der Waals surface area contributed by atoms with Crippen molar-refractivity contribution in [1.29, 1.82) is 0 Å². The van der Waals surface area contributed by atoms with E-state index in [9.17, 15) is 4.79 Å². The second-order valence-corrected chi connectivity index (χ2v) is 4.80. The minimum absolute atomic E-state index is 0.0689. The molecule has 0 aliphatic heterocycles. The molecule has 0 aliphatic carbocycles. The zero-order valence-corrected chi connectivity index (χ0v) is 10.2. The highest BCUT2D eigenvalue weighted by Gasteiger charge is 2.12. The number of carbonyl (C=O) groups is 1. The van der Waals surface area contributed by atoms with Crippen molar-refractivity contribution < 1.29 is 9.21 Å².